The summed E-state index contributed by atoms with van der Waals surface area (Å²) in [7, 11) is 0. The van der Waals surface area contributed by atoms with E-state index in [0.717, 1.165) is 27.3 Å². The van der Waals surface area contributed by atoms with Gasteiger partial charge in [-0.2, -0.15) is 0 Å². The first-order chi connectivity index (χ1) is 12.8. The second-order valence-corrected chi connectivity index (χ2v) is 7.03. The number of rotatable bonds is 7. The Morgan fingerprint density at radius 3 is 2.44 bits per heavy atom. The fourth-order valence-electron chi connectivity index (χ4n) is 2.51. The Morgan fingerprint density at radius 1 is 1.11 bits per heavy atom. The van der Waals surface area contributed by atoms with Crippen molar-refractivity contribution < 1.29 is 19.1 Å². The van der Waals surface area contributed by atoms with E-state index in [-0.39, 0.29) is 12.5 Å². The molecule has 0 fully saturated rings. The van der Waals surface area contributed by atoms with Crippen LogP contribution in [0.5, 0.6) is 0 Å². The maximum atomic E-state index is 12.0. The van der Waals surface area contributed by atoms with Crippen LogP contribution in [0.2, 0.25) is 0 Å². The van der Waals surface area contributed by atoms with E-state index in [1.54, 1.807) is 6.08 Å². The van der Waals surface area contributed by atoms with Gasteiger partial charge in [0.15, 0.2) is 6.61 Å². The van der Waals surface area contributed by atoms with E-state index >= 15 is 0 Å². The van der Waals surface area contributed by atoms with Crippen LogP contribution in [-0.4, -0.2) is 30.9 Å². The molecule has 2 amide bonds. The van der Waals surface area contributed by atoms with Crippen LogP contribution >= 0.6 is 11.3 Å². The smallest absolute Gasteiger partial charge is 0.331 e. The zero-order chi connectivity index (χ0) is 19.8. The van der Waals surface area contributed by atoms with Gasteiger partial charge in [-0.1, -0.05) is 23.8 Å². The number of hydrogen-bond donors (Lipinski definition) is 2. The van der Waals surface area contributed by atoms with Gasteiger partial charge in [0.05, 0.1) is 6.54 Å². The summed E-state index contributed by atoms with van der Waals surface area (Å²) in [5.41, 5.74) is 3.77. The summed E-state index contributed by atoms with van der Waals surface area (Å²) in [6.45, 7) is 5.18. The van der Waals surface area contributed by atoms with E-state index in [2.05, 4.69) is 10.6 Å². The minimum absolute atomic E-state index is 0.200. The quantitative estimate of drug-likeness (QED) is 0.566. The third kappa shape index (κ3) is 6.71. The number of benzene rings is 1. The number of aryl methyl sites for hydroxylation is 3. The van der Waals surface area contributed by atoms with Crippen molar-refractivity contribution >= 4 is 40.9 Å². The van der Waals surface area contributed by atoms with Crippen LogP contribution in [0.15, 0.2) is 35.7 Å². The molecular formula is C20H22N2O4S. The van der Waals surface area contributed by atoms with Gasteiger partial charge in [-0.3, -0.25) is 9.59 Å². The molecule has 27 heavy (non-hydrogen) atoms. The topological polar surface area (TPSA) is 84.5 Å². The average molecular weight is 386 g/mol. The fourth-order valence-corrected chi connectivity index (χ4v) is 3.13. The first kappa shape index (κ1) is 20.4. The third-order valence-electron chi connectivity index (χ3n) is 3.66. The highest BCUT2D eigenvalue weighted by atomic mass is 32.1. The molecule has 2 N–H and O–H groups in total. The summed E-state index contributed by atoms with van der Waals surface area (Å²) in [5.74, 6) is -1.50. The van der Waals surface area contributed by atoms with Crippen molar-refractivity contribution in [3.8, 4) is 0 Å². The minimum Gasteiger partial charge on any atom is -0.452 e. The molecule has 0 unspecified atom stereocenters. The number of nitrogens with one attached hydrogen (secondary N) is 2. The molecule has 0 bridgehead atoms. The molecule has 142 valence electrons. The summed E-state index contributed by atoms with van der Waals surface area (Å²) in [4.78, 5) is 36.2. The summed E-state index contributed by atoms with van der Waals surface area (Å²) < 4.78 is 4.84. The number of hydrogen-bond acceptors (Lipinski definition) is 5. The van der Waals surface area contributed by atoms with Gasteiger partial charge >= 0.3 is 5.97 Å². The van der Waals surface area contributed by atoms with Gasteiger partial charge in [0.2, 0.25) is 5.91 Å². The molecular weight excluding hydrogens is 364 g/mol. The van der Waals surface area contributed by atoms with Crippen LogP contribution < -0.4 is 10.6 Å². The lowest BCUT2D eigenvalue weighted by atomic mass is 10.1. The Labute approximate surface area is 162 Å². The molecule has 0 saturated heterocycles. The van der Waals surface area contributed by atoms with Crippen molar-refractivity contribution in [2.45, 2.75) is 20.8 Å². The van der Waals surface area contributed by atoms with Gasteiger partial charge in [-0.05, 0) is 49.4 Å². The normalized spacial score (nSPS) is 10.6. The predicted molar refractivity (Wildman–Crippen MR) is 107 cm³/mol. The molecule has 6 nitrogen and oxygen atoms in total. The Kier molecular flexibility index (Phi) is 7.31. The van der Waals surface area contributed by atoms with Crippen molar-refractivity contribution in [2.24, 2.45) is 0 Å². The molecule has 0 saturated carbocycles. The minimum atomic E-state index is -0.617. The number of carbonyl (C=O) groups excluding carboxylic acids is 3. The van der Waals surface area contributed by atoms with Gasteiger partial charge < -0.3 is 15.4 Å². The van der Waals surface area contributed by atoms with Crippen LogP contribution in [0.1, 0.15) is 21.6 Å². The van der Waals surface area contributed by atoms with Crippen LogP contribution in [0.4, 0.5) is 5.69 Å². The van der Waals surface area contributed by atoms with Crippen molar-refractivity contribution in [3.63, 3.8) is 0 Å². The monoisotopic (exact) mass is 386 g/mol. The molecule has 0 aliphatic carbocycles. The zero-order valence-corrected chi connectivity index (χ0v) is 16.3. The Morgan fingerprint density at radius 2 is 1.81 bits per heavy atom. The lowest BCUT2D eigenvalue weighted by molar-refractivity contribution is -0.143. The van der Waals surface area contributed by atoms with Crippen molar-refractivity contribution in [1.82, 2.24) is 5.32 Å². The SMILES string of the molecule is Cc1cc(C)c(NC(=O)CNC(=O)COC(=O)C=Cc2cccs2)c(C)c1. The summed E-state index contributed by atoms with van der Waals surface area (Å²) in [6.07, 6.45) is 2.87. The molecule has 1 aromatic heterocycles. The molecule has 0 aliphatic rings. The molecule has 0 radical (unpaired) electrons. The number of amides is 2. The van der Waals surface area contributed by atoms with Crippen molar-refractivity contribution in [1.29, 1.82) is 0 Å². The van der Waals surface area contributed by atoms with Gasteiger partial charge in [0.25, 0.3) is 5.91 Å². The highest BCUT2D eigenvalue weighted by Crippen LogP contribution is 2.21. The average Bonchev–Trinajstić information content (AvgIpc) is 3.13. The van der Waals surface area contributed by atoms with Gasteiger partial charge in [0.1, 0.15) is 0 Å². The number of anilines is 1. The number of esters is 1. The fraction of sp³-hybridized carbons (Fsp3) is 0.250. The highest BCUT2D eigenvalue weighted by molar-refractivity contribution is 7.10. The maximum absolute atomic E-state index is 12.0. The van der Waals surface area contributed by atoms with E-state index in [9.17, 15) is 14.4 Å². The molecule has 7 heteroatoms. The van der Waals surface area contributed by atoms with Gasteiger partial charge in [-0.15, -0.1) is 11.3 Å². The molecule has 2 aromatic rings. The van der Waals surface area contributed by atoms with E-state index in [1.165, 1.54) is 17.4 Å². The second kappa shape index (κ2) is 9.68. The lowest BCUT2D eigenvalue weighted by Crippen LogP contribution is -2.35. The number of ether oxygens (including phenoxy) is 1. The largest absolute Gasteiger partial charge is 0.452 e. The molecule has 1 aromatic carbocycles. The van der Waals surface area contributed by atoms with E-state index in [0.29, 0.717) is 0 Å². The standard InChI is InChI=1S/C20H22N2O4S/c1-13-9-14(2)20(15(3)10-13)22-17(23)11-21-18(24)12-26-19(25)7-6-16-5-4-8-27-16/h4-10H,11-12H2,1-3H3,(H,21,24)(H,22,23). The molecule has 0 spiro atoms. The summed E-state index contributed by atoms with van der Waals surface area (Å²) in [6, 6.07) is 7.68. The Bertz CT molecular complexity index is 834. The summed E-state index contributed by atoms with van der Waals surface area (Å²) in [5, 5.41) is 7.11. The molecule has 0 aliphatic heterocycles. The maximum Gasteiger partial charge on any atom is 0.331 e. The van der Waals surface area contributed by atoms with Crippen LogP contribution in [-0.2, 0) is 19.1 Å². The molecule has 1 heterocycles. The number of thiophene rings is 1. The van der Waals surface area contributed by atoms with E-state index in [4.69, 9.17) is 4.74 Å². The van der Waals surface area contributed by atoms with Crippen LogP contribution in [0.3, 0.4) is 0 Å². The zero-order valence-electron chi connectivity index (χ0n) is 15.5. The Balaban J connectivity index is 1.73. The van der Waals surface area contributed by atoms with Crippen LogP contribution in [0, 0.1) is 20.8 Å². The van der Waals surface area contributed by atoms with E-state index in [1.807, 2.05) is 50.4 Å². The molecule has 0 atom stereocenters. The molecule has 2 rings (SSSR count). The van der Waals surface area contributed by atoms with Gasteiger partial charge in [0, 0.05) is 16.6 Å². The number of carbonyl (C=O) groups is 3. The Hall–Kier alpha value is -2.93. The first-order valence-corrected chi connectivity index (χ1v) is 9.26. The highest BCUT2D eigenvalue weighted by Gasteiger charge is 2.11. The summed E-state index contributed by atoms with van der Waals surface area (Å²) >= 11 is 1.49. The first-order valence-electron chi connectivity index (χ1n) is 8.38. The van der Waals surface area contributed by atoms with Crippen molar-refractivity contribution in [3.05, 3.63) is 57.3 Å². The van der Waals surface area contributed by atoms with Crippen LogP contribution in [0.25, 0.3) is 6.08 Å². The third-order valence-corrected chi connectivity index (χ3v) is 4.50. The van der Waals surface area contributed by atoms with Crippen molar-refractivity contribution in [2.75, 3.05) is 18.5 Å². The second-order valence-electron chi connectivity index (χ2n) is 6.06. The van der Waals surface area contributed by atoms with E-state index < -0.39 is 18.5 Å². The predicted octanol–water partition coefficient (Wildman–Crippen LogP) is 2.98. The van der Waals surface area contributed by atoms with Gasteiger partial charge in [-0.25, -0.2) is 4.79 Å². The lowest BCUT2D eigenvalue weighted by Gasteiger charge is -2.13.